The minimum atomic E-state index is -0.621. The standard InChI is InChI=1S/C18H17BrF2N4OS2/c19-15-2-1-13(27-15)17(26)22-3-4-24-5-7-25(8-6-24)18-23-16-12(21)9-11(20)10-14(16)28-18/h1-2,9-10H,3-8H2,(H,22,26). The van der Waals surface area contributed by atoms with Crippen LogP contribution in [0.4, 0.5) is 13.9 Å². The summed E-state index contributed by atoms with van der Waals surface area (Å²) in [6.45, 7) is 4.53. The molecule has 1 fully saturated rings. The van der Waals surface area contributed by atoms with Crippen LogP contribution in [-0.2, 0) is 0 Å². The van der Waals surface area contributed by atoms with Crippen molar-refractivity contribution in [3.05, 3.63) is 44.6 Å². The largest absolute Gasteiger partial charge is 0.350 e. The molecule has 1 amide bonds. The number of nitrogens with one attached hydrogen (secondary N) is 1. The summed E-state index contributed by atoms with van der Waals surface area (Å²) in [7, 11) is 0. The fraction of sp³-hybridized carbons (Fsp3) is 0.333. The Balaban J connectivity index is 1.28. The minimum absolute atomic E-state index is 0.0573. The monoisotopic (exact) mass is 486 g/mol. The number of hydrogen-bond acceptors (Lipinski definition) is 6. The summed E-state index contributed by atoms with van der Waals surface area (Å²) in [5, 5.41) is 3.66. The van der Waals surface area contributed by atoms with Gasteiger partial charge in [-0.05, 0) is 34.1 Å². The Kier molecular flexibility index (Phi) is 5.91. The maximum atomic E-state index is 13.9. The molecule has 0 bridgehead atoms. The van der Waals surface area contributed by atoms with E-state index in [2.05, 4.69) is 36.0 Å². The van der Waals surface area contributed by atoms with Gasteiger partial charge in [-0.15, -0.1) is 11.3 Å². The van der Waals surface area contributed by atoms with E-state index in [1.54, 1.807) is 6.07 Å². The van der Waals surface area contributed by atoms with Crippen LogP contribution in [0.25, 0.3) is 10.2 Å². The molecular weight excluding hydrogens is 470 g/mol. The maximum Gasteiger partial charge on any atom is 0.261 e. The first kappa shape index (κ1) is 19.7. The third kappa shape index (κ3) is 4.35. The summed E-state index contributed by atoms with van der Waals surface area (Å²) < 4.78 is 28.7. The lowest BCUT2D eigenvalue weighted by Gasteiger charge is -2.34. The normalized spacial score (nSPS) is 15.3. The average molecular weight is 487 g/mol. The molecule has 5 nitrogen and oxygen atoms in total. The molecule has 28 heavy (non-hydrogen) atoms. The highest BCUT2D eigenvalue weighted by Gasteiger charge is 2.21. The summed E-state index contributed by atoms with van der Waals surface area (Å²) in [6, 6.07) is 5.86. The van der Waals surface area contributed by atoms with Crippen LogP contribution in [0.3, 0.4) is 0 Å². The predicted molar refractivity (Wildman–Crippen MR) is 113 cm³/mol. The van der Waals surface area contributed by atoms with Crippen LogP contribution in [0.5, 0.6) is 0 Å². The number of rotatable bonds is 5. The summed E-state index contributed by atoms with van der Waals surface area (Å²) in [5.74, 6) is -1.26. The smallest absolute Gasteiger partial charge is 0.261 e. The van der Waals surface area contributed by atoms with Gasteiger partial charge < -0.3 is 10.2 Å². The number of halogens is 3. The minimum Gasteiger partial charge on any atom is -0.350 e. The molecular formula is C18H17BrF2N4OS2. The van der Waals surface area contributed by atoms with Crippen LogP contribution < -0.4 is 10.2 Å². The van der Waals surface area contributed by atoms with E-state index in [9.17, 15) is 13.6 Å². The second-order valence-electron chi connectivity index (χ2n) is 6.42. The lowest BCUT2D eigenvalue weighted by Crippen LogP contribution is -2.48. The van der Waals surface area contributed by atoms with Gasteiger partial charge in [0.1, 0.15) is 11.3 Å². The second-order valence-corrected chi connectivity index (χ2v) is 9.89. The van der Waals surface area contributed by atoms with Crippen LogP contribution in [0.15, 0.2) is 28.1 Å². The zero-order valence-electron chi connectivity index (χ0n) is 14.8. The molecule has 1 aliphatic rings. The highest BCUT2D eigenvalue weighted by molar-refractivity contribution is 9.11. The van der Waals surface area contributed by atoms with Crippen molar-refractivity contribution in [3.8, 4) is 0 Å². The molecule has 3 aromatic rings. The molecule has 0 unspecified atom stereocenters. The number of thiophene rings is 1. The van der Waals surface area contributed by atoms with E-state index in [1.165, 1.54) is 28.7 Å². The molecule has 3 heterocycles. The number of carbonyl (C=O) groups is 1. The van der Waals surface area contributed by atoms with Crippen molar-refractivity contribution >= 4 is 59.9 Å². The number of thiazole rings is 1. The van der Waals surface area contributed by atoms with Gasteiger partial charge in [-0.3, -0.25) is 9.69 Å². The summed E-state index contributed by atoms with van der Waals surface area (Å²) >= 11 is 6.08. The van der Waals surface area contributed by atoms with Gasteiger partial charge in [0.05, 0.1) is 13.4 Å². The first-order chi connectivity index (χ1) is 13.5. The van der Waals surface area contributed by atoms with Crippen LogP contribution in [0.1, 0.15) is 9.67 Å². The Bertz CT molecular complexity index is 1000. The van der Waals surface area contributed by atoms with Gasteiger partial charge in [0.15, 0.2) is 10.9 Å². The fourth-order valence-electron chi connectivity index (χ4n) is 3.09. The number of carbonyl (C=O) groups excluding carboxylic acids is 1. The fourth-order valence-corrected chi connectivity index (χ4v) is 5.45. The molecule has 2 aromatic heterocycles. The summed E-state index contributed by atoms with van der Waals surface area (Å²) in [6.07, 6.45) is 0. The Morgan fingerprint density at radius 3 is 2.68 bits per heavy atom. The molecule has 1 aromatic carbocycles. The average Bonchev–Trinajstić information content (AvgIpc) is 3.29. The number of amides is 1. The summed E-state index contributed by atoms with van der Waals surface area (Å²) in [4.78, 5) is 21.5. The van der Waals surface area contributed by atoms with Crippen molar-refractivity contribution in [1.29, 1.82) is 0 Å². The van der Waals surface area contributed by atoms with Crippen LogP contribution in [0.2, 0.25) is 0 Å². The van der Waals surface area contributed by atoms with E-state index in [-0.39, 0.29) is 11.4 Å². The van der Waals surface area contributed by atoms with E-state index in [0.29, 0.717) is 16.1 Å². The lowest BCUT2D eigenvalue weighted by molar-refractivity contribution is 0.0952. The number of aromatic nitrogens is 1. The van der Waals surface area contributed by atoms with Crippen LogP contribution >= 0.6 is 38.6 Å². The highest BCUT2D eigenvalue weighted by Crippen LogP contribution is 2.31. The van der Waals surface area contributed by atoms with Crippen LogP contribution in [-0.4, -0.2) is 55.1 Å². The molecule has 4 rings (SSSR count). The molecule has 1 saturated heterocycles. The Hall–Kier alpha value is -1.62. The van der Waals surface area contributed by atoms with Gasteiger partial charge >= 0.3 is 0 Å². The topological polar surface area (TPSA) is 48.5 Å². The molecule has 148 valence electrons. The Morgan fingerprint density at radius 1 is 1.18 bits per heavy atom. The molecule has 0 saturated carbocycles. The molecule has 0 atom stereocenters. The number of piperazine rings is 1. The number of anilines is 1. The van der Waals surface area contributed by atoms with Gasteiger partial charge in [-0.1, -0.05) is 11.3 Å². The van der Waals surface area contributed by atoms with E-state index >= 15 is 0 Å². The van der Waals surface area contributed by atoms with Crippen molar-refractivity contribution in [2.75, 3.05) is 44.2 Å². The van der Waals surface area contributed by atoms with E-state index < -0.39 is 11.6 Å². The first-order valence-electron chi connectivity index (χ1n) is 8.76. The summed E-state index contributed by atoms with van der Waals surface area (Å²) in [5.41, 5.74) is 0.228. The van der Waals surface area contributed by atoms with Crippen LogP contribution in [0, 0.1) is 11.6 Å². The van der Waals surface area contributed by atoms with Crippen molar-refractivity contribution in [1.82, 2.24) is 15.2 Å². The van der Waals surface area contributed by atoms with Gasteiger partial charge in [-0.25, -0.2) is 13.8 Å². The van der Waals surface area contributed by atoms with Gasteiger partial charge in [0, 0.05) is 45.3 Å². The number of hydrogen-bond donors (Lipinski definition) is 1. The lowest BCUT2D eigenvalue weighted by atomic mass is 10.3. The van der Waals surface area contributed by atoms with E-state index in [0.717, 1.165) is 47.7 Å². The first-order valence-corrected chi connectivity index (χ1v) is 11.2. The van der Waals surface area contributed by atoms with E-state index in [4.69, 9.17) is 0 Å². The molecule has 1 aliphatic heterocycles. The predicted octanol–water partition coefficient (Wildman–Crippen LogP) is 3.95. The zero-order chi connectivity index (χ0) is 19.7. The van der Waals surface area contributed by atoms with Crippen molar-refractivity contribution in [3.63, 3.8) is 0 Å². The van der Waals surface area contributed by atoms with Gasteiger partial charge in [-0.2, -0.15) is 0 Å². The Morgan fingerprint density at radius 2 is 1.96 bits per heavy atom. The molecule has 1 N–H and O–H groups in total. The molecule has 10 heteroatoms. The number of fused-ring (bicyclic) bond motifs is 1. The molecule has 0 radical (unpaired) electrons. The molecule has 0 spiro atoms. The molecule has 0 aliphatic carbocycles. The highest BCUT2D eigenvalue weighted by atomic mass is 79.9. The van der Waals surface area contributed by atoms with Crippen molar-refractivity contribution in [2.45, 2.75) is 0 Å². The van der Waals surface area contributed by atoms with Crippen molar-refractivity contribution < 1.29 is 13.6 Å². The quantitative estimate of drug-likeness (QED) is 0.593. The third-order valence-corrected chi connectivity index (χ3v) is 7.24. The SMILES string of the molecule is O=C(NCCN1CCN(c2nc3c(F)cc(F)cc3s2)CC1)c1ccc(Br)s1. The second kappa shape index (κ2) is 8.40. The zero-order valence-corrected chi connectivity index (χ0v) is 18.0. The maximum absolute atomic E-state index is 13.9. The Labute approximate surface area is 177 Å². The van der Waals surface area contributed by atoms with E-state index in [1.807, 2.05) is 6.07 Å². The number of nitrogens with zero attached hydrogens (tertiary/aromatic N) is 3. The van der Waals surface area contributed by atoms with Crippen molar-refractivity contribution in [2.24, 2.45) is 0 Å². The number of benzene rings is 1. The van der Waals surface area contributed by atoms with Gasteiger partial charge in [0.2, 0.25) is 0 Å². The van der Waals surface area contributed by atoms with Gasteiger partial charge in [0.25, 0.3) is 5.91 Å². The third-order valence-electron chi connectivity index (χ3n) is 4.56.